The SMILES string of the molecule is CC(C)(O)C12CC(Br)(C1)C2. The summed E-state index contributed by atoms with van der Waals surface area (Å²) in [6.45, 7) is 3.86. The Kier molecular flexibility index (Phi) is 1.04. The van der Waals surface area contributed by atoms with Crippen LogP contribution in [0.1, 0.15) is 33.1 Å². The van der Waals surface area contributed by atoms with Crippen LogP contribution in [0.15, 0.2) is 0 Å². The van der Waals surface area contributed by atoms with Crippen LogP contribution in [0, 0.1) is 5.41 Å². The fraction of sp³-hybridized carbons (Fsp3) is 1.00. The Balaban J connectivity index is 2.11. The van der Waals surface area contributed by atoms with Gasteiger partial charge in [-0.1, -0.05) is 15.9 Å². The molecular weight excluding hydrogens is 192 g/mol. The van der Waals surface area contributed by atoms with Gasteiger partial charge >= 0.3 is 0 Å². The first-order valence-electron chi connectivity index (χ1n) is 3.78. The predicted molar refractivity (Wildman–Crippen MR) is 44.2 cm³/mol. The lowest BCUT2D eigenvalue weighted by Gasteiger charge is -2.72. The first kappa shape index (κ1) is 7.11. The van der Waals surface area contributed by atoms with E-state index in [1.807, 2.05) is 13.8 Å². The zero-order chi connectivity index (χ0) is 7.62. The molecule has 0 aliphatic heterocycles. The van der Waals surface area contributed by atoms with E-state index in [0.29, 0.717) is 4.32 Å². The average Bonchev–Trinajstić information content (AvgIpc) is 1.51. The highest BCUT2D eigenvalue weighted by Crippen LogP contribution is 2.75. The standard InChI is InChI=1S/C8H13BrO/c1-6(2,10)7-3-8(9,4-7)5-7/h10H,3-5H2,1-2H3. The molecule has 3 aliphatic rings. The van der Waals surface area contributed by atoms with Crippen molar-refractivity contribution >= 4 is 15.9 Å². The first-order chi connectivity index (χ1) is 4.37. The molecule has 0 aromatic heterocycles. The van der Waals surface area contributed by atoms with Gasteiger partial charge in [0.15, 0.2) is 0 Å². The molecule has 0 unspecified atom stereocenters. The zero-order valence-corrected chi connectivity index (χ0v) is 8.03. The third-order valence-electron chi connectivity index (χ3n) is 3.26. The summed E-state index contributed by atoms with van der Waals surface area (Å²) in [5.74, 6) is 0. The lowest BCUT2D eigenvalue weighted by atomic mass is 9.39. The van der Waals surface area contributed by atoms with Crippen molar-refractivity contribution in [2.75, 3.05) is 0 Å². The van der Waals surface area contributed by atoms with Crippen molar-refractivity contribution in [2.24, 2.45) is 5.41 Å². The molecule has 3 rings (SSSR count). The van der Waals surface area contributed by atoms with Crippen LogP contribution >= 0.6 is 15.9 Å². The van der Waals surface area contributed by atoms with Gasteiger partial charge in [0.05, 0.1) is 5.60 Å². The second-order valence-corrected chi connectivity index (χ2v) is 6.20. The number of aliphatic hydroxyl groups is 1. The first-order valence-corrected chi connectivity index (χ1v) is 4.58. The molecule has 0 amide bonds. The van der Waals surface area contributed by atoms with Crippen molar-refractivity contribution in [3.8, 4) is 0 Å². The monoisotopic (exact) mass is 204 g/mol. The molecule has 10 heavy (non-hydrogen) atoms. The van der Waals surface area contributed by atoms with Crippen LogP contribution in [-0.2, 0) is 0 Å². The Morgan fingerprint density at radius 1 is 1.30 bits per heavy atom. The van der Waals surface area contributed by atoms with Crippen LogP contribution in [0.25, 0.3) is 0 Å². The molecule has 3 fully saturated rings. The summed E-state index contributed by atoms with van der Waals surface area (Å²) < 4.78 is 0.438. The maximum atomic E-state index is 9.73. The lowest BCUT2D eigenvalue weighted by molar-refractivity contribution is -0.203. The van der Waals surface area contributed by atoms with Crippen molar-refractivity contribution in [2.45, 2.75) is 43.0 Å². The molecule has 1 N–H and O–H groups in total. The average molecular weight is 205 g/mol. The number of halogens is 1. The minimum atomic E-state index is -0.456. The van der Waals surface area contributed by atoms with Gasteiger partial charge in [0.1, 0.15) is 0 Å². The van der Waals surface area contributed by atoms with Gasteiger partial charge < -0.3 is 5.11 Å². The number of hydrogen-bond acceptors (Lipinski definition) is 1. The van der Waals surface area contributed by atoms with Crippen molar-refractivity contribution in [3.63, 3.8) is 0 Å². The predicted octanol–water partition coefficient (Wildman–Crippen LogP) is 2.07. The highest BCUT2D eigenvalue weighted by atomic mass is 79.9. The Morgan fingerprint density at radius 3 is 1.80 bits per heavy atom. The molecule has 2 heteroatoms. The summed E-state index contributed by atoms with van der Waals surface area (Å²) in [5.41, 5.74) is -0.182. The number of alkyl halides is 1. The van der Waals surface area contributed by atoms with E-state index in [2.05, 4.69) is 15.9 Å². The summed E-state index contributed by atoms with van der Waals surface area (Å²) in [6.07, 6.45) is 3.51. The molecular formula is C8H13BrO. The van der Waals surface area contributed by atoms with E-state index in [-0.39, 0.29) is 5.41 Å². The Labute approximate surface area is 69.9 Å². The van der Waals surface area contributed by atoms with Gasteiger partial charge in [-0.25, -0.2) is 0 Å². The molecule has 3 saturated carbocycles. The molecule has 0 atom stereocenters. The Bertz CT molecular complexity index is 160. The topological polar surface area (TPSA) is 20.2 Å². The van der Waals surface area contributed by atoms with Gasteiger partial charge in [0.2, 0.25) is 0 Å². The normalized spacial score (nSPS) is 51.6. The molecule has 0 heterocycles. The number of rotatable bonds is 1. The molecule has 0 aromatic carbocycles. The van der Waals surface area contributed by atoms with Crippen LogP contribution < -0.4 is 0 Å². The van der Waals surface area contributed by atoms with Gasteiger partial charge in [-0.3, -0.25) is 0 Å². The summed E-state index contributed by atoms with van der Waals surface area (Å²) >= 11 is 3.65. The van der Waals surface area contributed by atoms with Gasteiger partial charge in [-0.2, -0.15) is 0 Å². The van der Waals surface area contributed by atoms with E-state index in [1.165, 1.54) is 19.3 Å². The van der Waals surface area contributed by atoms with Crippen LogP contribution in [0.2, 0.25) is 0 Å². The van der Waals surface area contributed by atoms with Gasteiger partial charge in [-0.05, 0) is 33.1 Å². The molecule has 1 nitrogen and oxygen atoms in total. The van der Waals surface area contributed by atoms with E-state index < -0.39 is 5.60 Å². The van der Waals surface area contributed by atoms with Crippen molar-refractivity contribution in [1.82, 2.24) is 0 Å². The van der Waals surface area contributed by atoms with Crippen molar-refractivity contribution < 1.29 is 5.11 Å². The van der Waals surface area contributed by atoms with Gasteiger partial charge in [0, 0.05) is 9.74 Å². The van der Waals surface area contributed by atoms with Gasteiger partial charge in [0.25, 0.3) is 0 Å². The van der Waals surface area contributed by atoms with E-state index in [9.17, 15) is 5.11 Å². The molecule has 58 valence electrons. The Morgan fingerprint density at radius 2 is 1.70 bits per heavy atom. The summed E-state index contributed by atoms with van der Waals surface area (Å²) in [5, 5.41) is 9.73. The molecule has 0 spiro atoms. The van der Waals surface area contributed by atoms with Crippen molar-refractivity contribution in [3.05, 3.63) is 0 Å². The maximum Gasteiger partial charge on any atom is 0.0649 e. The Hall–Kier alpha value is 0.440. The highest BCUT2D eigenvalue weighted by molar-refractivity contribution is 9.10. The van der Waals surface area contributed by atoms with E-state index >= 15 is 0 Å². The molecule has 3 aliphatic carbocycles. The lowest BCUT2D eigenvalue weighted by Crippen LogP contribution is -2.71. The quantitative estimate of drug-likeness (QED) is 0.649. The highest BCUT2D eigenvalue weighted by Gasteiger charge is 2.71. The summed E-state index contributed by atoms with van der Waals surface area (Å²) in [4.78, 5) is 0. The minimum absolute atomic E-state index is 0.274. The largest absolute Gasteiger partial charge is 0.390 e. The second kappa shape index (κ2) is 1.46. The summed E-state index contributed by atoms with van der Waals surface area (Å²) in [6, 6.07) is 0. The van der Waals surface area contributed by atoms with Crippen LogP contribution in [0.4, 0.5) is 0 Å². The van der Waals surface area contributed by atoms with Crippen molar-refractivity contribution in [1.29, 1.82) is 0 Å². The molecule has 0 aromatic rings. The van der Waals surface area contributed by atoms with E-state index in [1.54, 1.807) is 0 Å². The maximum absolute atomic E-state index is 9.73. The fourth-order valence-electron chi connectivity index (χ4n) is 2.31. The minimum Gasteiger partial charge on any atom is -0.390 e. The second-order valence-electron chi connectivity index (χ2n) is 4.52. The molecule has 0 radical (unpaired) electrons. The fourth-order valence-corrected chi connectivity index (χ4v) is 3.92. The number of hydrogen-bond donors (Lipinski definition) is 1. The third-order valence-corrected chi connectivity index (χ3v) is 4.10. The van der Waals surface area contributed by atoms with Crippen LogP contribution in [0.5, 0.6) is 0 Å². The summed E-state index contributed by atoms with van der Waals surface area (Å²) in [7, 11) is 0. The van der Waals surface area contributed by atoms with Gasteiger partial charge in [-0.15, -0.1) is 0 Å². The van der Waals surface area contributed by atoms with E-state index in [0.717, 1.165) is 0 Å². The molecule has 0 saturated heterocycles. The molecule has 2 bridgehead atoms. The third kappa shape index (κ3) is 0.620. The van der Waals surface area contributed by atoms with E-state index in [4.69, 9.17) is 0 Å². The smallest absolute Gasteiger partial charge is 0.0649 e. The zero-order valence-electron chi connectivity index (χ0n) is 6.45. The van der Waals surface area contributed by atoms with Crippen LogP contribution in [-0.4, -0.2) is 15.0 Å². The van der Waals surface area contributed by atoms with Crippen LogP contribution in [0.3, 0.4) is 0 Å².